The van der Waals surface area contributed by atoms with E-state index in [1.165, 1.54) is 14.2 Å². The van der Waals surface area contributed by atoms with Gasteiger partial charge in [0.15, 0.2) is 0 Å². The highest BCUT2D eigenvalue weighted by Crippen LogP contribution is 2.35. The second-order valence-corrected chi connectivity index (χ2v) is 4.45. The summed E-state index contributed by atoms with van der Waals surface area (Å²) in [6.07, 6.45) is 0.0413. The monoisotopic (exact) mass is 315 g/mol. The Labute approximate surface area is 128 Å². The molecule has 0 atom stereocenters. The molecule has 0 saturated heterocycles. The van der Waals surface area contributed by atoms with Crippen molar-refractivity contribution in [3.05, 3.63) is 17.2 Å². The van der Waals surface area contributed by atoms with E-state index in [2.05, 4.69) is 5.32 Å². The summed E-state index contributed by atoms with van der Waals surface area (Å²) < 4.78 is 15.0. The maximum absolute atomic E-state index is 11.8. The number of carbonyl (C=O) groups excluding carboxylic acids is 2. The number of anilines is 1. The Hall–Kier alpha value is -1.95. The van der Waals surface area contributed by atoms with Crippen molar-refractivity contribution < 1.29 is 23.8 Å². The number of carbonyl (C=O) groups is 2. The molecule has 0 aliphatic rings. The number of amides is 1. The number of hydrogen-bond donors (Lipinski definition) is 1. The van der Waals surface area contributed by atoms with Crippen LogP contribution in [0.1, 0.15) is 19.8 Å². The summed E-state index contributed by atoms with van der Waals surface area (Å²) in [5.74, 6) is 0.0856. The van der Waals surface area contributed by atoms with Crippen LogP contribution in [0, 0.1) is 0 Å². The minimum Gasteiger partial charge on any atom is -0.495 e. The zero-order chi connectivity index (χ0) is 15.8. The number of benzene rings is 1. The van der Waals surface area contributed by atoms with E-state index < -0.39 is 5.97 Å². The Bertz CT molecular complexity index is 518. The summed E-state index contributed by atoms with van der Waals surface area (Å²) in [7, 11) is 2.94. The van der Waals surface area contributed by atoms with Gasteiger partial charge in [0.05, 0.1) is 38.0 Å². The van der Waals surface area contributed by atoms with Gasteiger partial charge in [-0.05, 0) is 6.92 Å². The molecule has 0 unspecified atom stereocenters. The molecule has 0 spiro atoms. The van der Waals surface area contributed by atoms with E-state index in [0.717, 1.165) is 0 Å². The number of rotatable bonds is 7. The number of hydrogen-bond acceptors (Lipinski definition) is 5. The van der Waals surface area contributed by atoms with Crippen molar-refractivity contribution in [2.24, 2.45) is 0 Å². The molecule has 0 saturated carbocycles. The lowest BCUT2D eigenvalue weighted by molar-refractivity contribution is -0.144. The van der Waals surface area contributed by atoms with Crippen LogP contribution in [0.5, 0.6) is 11.5 Å². The molecule has 1 aromatic rings. The molecule has 6 nitrogen and oxygen atoms in total. The van der Waals surface area contributed by atoms with Gasteiger partial charge in [-0.15, -0.1) is 0 Å². The smallest absolute Gasteiger partial charge is 0.306 e. The average Bonchev–Trinajstić information content (AvgIpc) is 2.46. The molecule has 0 bridgehead atoms. The lowest BCUT2D eigenvalue weighted by Gasteiger charge is -2.13. The summed E-state index contributed by atoms with van der Waals surface area (Å²) in [6.45, 7) is 2.01. The topological polar surface area (TPSA) is 73.9 Å². The fourth-order valence-corrected chi connectivity index (χ4v) is 1.85. The Balaban J connectivity index is 2.73. The number of esters is 1. The van der Waals surface area contributed by atoms with Gasteiger partial charge in [-0.25, -0.2) is 0 Å². The van der Waals surface area contributed by atoms with Gasteiger partial charge in [-0.2, -0.15) is 0 Å². The van der Waals surface area contributed by atoms with Gasteiger partial charge in [0.1, 0.15) is 11.5 Å². The maximum atomic E-state index is 11.8. The van der Waals surface area contributed by atoms with Gasteiger partial charge in [-0.3, -0.25) is 9.59 Å². The van der Waals surface area contributed by atoms with E-state index in [1.807, 2.05) is 0 Å². The third-order valence-corrected chi connectivity index (χ3v) is 2.90. The minimum atomic E-state index is -0.409. The molecule has 1 amide bonds. The highest BCUT2D eigenvalue weighted by molar-refractivity contribution is 6.32. The zero-order valence-corrected chi connectivity index (χ0v) is 13.0. The van der Waals surface area contributed by atoms with Crippen LogP contribution in [0.2, 0.25) is 5.02 Å². The molecule has 0 radical (unpaired) electrons. The number of methoxy groups -OCH3 is 2. The first-order valence-electron chi connectivity index (χ1n) is 6.38. The zero-order valence-electron chi connectivity index (χ0n) is 12.2. The molecule has 0 aromatic heterocycles. The van der Waals surface area contributed by atoms with Crippen molar-refractivity contribution in [2.45, 2.75) is 19.8 Å². The highest BCUT2D eigenvalue weighted by Gasteiger charge is 2.13. The van der Waals surface area contributed by atoms with E-state index >= 15 is 0 Å². The lowest BCUT2D eigenvalue weighted by Crippen LogP contribution is -2.15. The van der Waals surface area contributed by atoms with Crippen molar-refractivity contribution in [1.29, 1.82) is 0 Å². The number of nitrogens with one attached hydrogen (secondary N) is 1. The third-order valence-electron chi connectivity index (χ3n) is 2.61. The fraction of sp³-hybridized carbons (Fsp3) is 0.429. The first-order chi connectivity index (χ1) is 10.0. The molecule has 7 heteroatoms. The molecule has 1 N–H and O–H groups in total. The first kappa shape index (κ1) is 17.1. The molecule has 1 rings (SSSR count). The summed E-state index contributed by atoms with van der Waals surface area (Å²) in [5.41, 5.74) is 0.424. The second kappa shape index (κ2) is 8.36. The molecule has 0 aliphatic carbocycles. The van der Waals surface area contributed by atoms with Gasteiger partial charge in [-0.1, -0.05) is 11.6 Å². The SMILES string of the molecule is CCOC(=O)CCC(=O)Nc1cc(OC)c(Cl)cc1OC. The van der Waals surface area contributed by atoms with Gasteiger partial charge < -0.3 is 19.5 Å². The van der Waals surface area contributed by atoms with E-state index in [0.29, 0.717) is 28.8 Å². The average molecular weight is 316 g/mol. The summed E-state index contributed by atoms with van der Waals surface area (Å²) in [5, 5.41) is 3.02. The van der Waals surface area contributed by atoms with Crippen molar-refractivity contribution in [3.8, 4) is 11.5 Å². The van der Waals surface area contributed by atoms with Crippen molar-refractivity contribution >= 4 is 29.2 Å². The fourth-order valence-electron chi connectivity index (χ4n) is 1.62. The van der Waals surface area contributed by atoms with Crippen LogP contribution < -0.4 is 14.8 Å². The van der Waals surface area contributed by atoms with Crippen LogP contribution in [-0.4, -0.2) is 32.7 Å². The van der Waals surface area contributed by atoms with E-state index in [9.17, 15) is 9.59 Å². The Morgan fingerprint density at radius 2 is 1.81 bits per heavy atom. The molecular weight excluding hydrogens is 298 g/mol. The van der Waals surface area contributed by atoms with Crippen molar-refractivity contribution in [3.63, 3.8) is 0 Å². The van der Waals surface area contributed by atoms with E-state index in [1.54, 1.807) is 19.1 Å². The van der Waals surface area contributed by atoms with E-state index in [-0.39, 0.29) is 18.7 Å². The quantitative estimate of drug-likeness (QED) is 0.783. The molecule has 0 aliphatic heterocycles. The second-order valence-electron chi connectivity index (χ2n) is 4.04. The standard InChI is InChI=1S/C14H18ClNO5/c1-4-21-14(18)6-5-13(17)16-10-8-11(19-2)9(15)7-12(10)20-3/h7-8H,4-6H2,1-3H3,(H,16,17). The van der Waals surface area contributed by atoms with Crippen LogP contribution in [0.25, 0.3) is 0 Å². The van der Waals surface area contributed by atoms with Gasteiger partial charge in [0, 0.05) is 18.6 Å². The molecule has 116 valence electrons. The highest BCUT2D eigenvalue weighted by atomic mass is 35.5. The predicted octanol–water partition coefficient (Wildman–Crippen LogP) is 2.64. The first-order valence-corrected chi connectivity index (χ1v) is 6.76. The molecule has 21 heavy (non-hydrogen) atoms. The molecular formula is C14H18ClNO5. The normalized spacial score (nSPS) is 9.90. The minimum absolute atomic E-state index is 0.0205. The molecule has 0 fully saturated rings. The van der Waals surface area contributed by atoms with Crippen LogP contribution in [0.3, 0.4) is 0 Å². The maximum Gasteiger partial charge on any atom is 0.306 e. The van der Waals surface area contributed by atoms with Crippen molar-refractivity contribution in [2.75, 3.05) is 26.1 Å². The van der Waals surface area contributed by atoms with Crippen LogP contribution in [-0.2, 0) is 14.3 Å². The van der Waals surface area contributed by atoms with E-state index in [4.69, 9.17) is 25.8 Å². The van der Waals surface area contributed by atoms with Gasteiger partial charge >= 0.3 is 5.97 Å². The largest absolute Gasteiger partial charge is 0.495 e. The predicted molar refractivity (Wildman–Crippen MR) is 79.1 cm³/mol. The summed E-state index contributed by atoms with van der Waals surface area (Å²) in [4.78, 5) is 23.0. The number of halogens is 1. The number of ether oxygens (including phenoxy) is 3. The summed E-state index contributed by atoms with van der Waals surface area (Å²) in [6, 6.07) is 3.10. The Morgan fingerprint density at radius 3 is 2.38 bits per heavy atom. The van der Waals surface area contributed by atoms with Crippen LogP contribution in [0.15, 0.2) is 12.1 Å². The van der Waals surface area contributed by atoms with Crippen molar-refractivity contribution in [1.82, 2.24) is 0 Å². The Morgan fingerprint density at radius 1 is 1.14 bits per heavy atom. The summed E-state index contributed by atoms with van der Waals surface area (Å²) >= 11 is 5.98. The molecule has 1 aromatic carbocycles. The molecule has 0 heterocycles. The van der Waals surface area contributed by atoms with Crippen LogP contribution >= 0.6 is 11.6 Å². The lowest BCUT2D eigenvalue weighted by atomic mass is 10.2. The van der Waals surface area contributed by atoms with Crippen LogP contribution in [0.4, 0.5) is 5.69 Å². The van der Waals surface area contributed by atoms with Gasteiger partial charge in [0.25, 0.3) is 0 Å². The third kappa shape index (κ3) is 5.15. The van der Waals surface area contributed by atoms with Gasteiger partial charge in [0.2, 0.25) is 5.91 Å². The Kier molecular flexibility index (Phi) is 6.81.